The fraction of sp³-hybridized carbons (Fsp3) is 0.333. The Kier molecular flexibility index (Phi) is 12.5. The van der Waals surface area contributed by atoms with E-state index < -0.39 is 21.8 Å². The molecule has 0 aliphatic rings. The van der Waals surface area contributed by atoms with Gasteiger partial charge >= 0.3 is 6.09 Å². The Hall–Kier alpha value is -4.21. The van der Waals surface area contributed by atoms with Gasteiger partial charge in [0.25, 0.3) is 10.1 Å². The highest BCUT2D eigenvalue weighted by Gasteiger charge is 2.20. The third kappa shape index (κ3) is 11.5. The fourth-order valence-corrected chi connectivity index (χ4v) is 4.66. The predicted molar refractivity (Wildman–Crippen MR) is 168 cm³/mol. The standard InChI is InChI=1S/C33H38N2O8S/c1-33(2,3)43-32(36)35(4)29-12-7-25(8-13-29)5-6-26-9-14-30(15-10-26)42-22-21-41-20-19-40-18-17-28-23-27(24-34)11-16-31(28)44(37,38)39/h5-16,23H,17-22H2,1-4H3,(H,37,38,39). The molecule has 0 fully saturated rings. The lowest BCUT2D eigenvalue weighted by Crippen LogP contribution is -2.34. The van der Waals surface area contributed by atoms with Gasteiger partial charge in [0.05, 0.1) is 43.0 Å². The first-order valence-corrected chi connectivity index (χ1v) is 15.4. The molecule has 1 amide bonds. The van der Waals surface area contributed by atoms with E-state index in [1.807, 2.05) is 87.5 Å². The van der Waals surface area contributed by atoms with Crippen molar-refractivity contribution in [3.63, 3.8) is 0 Å². The van der Waals surface area contributed by atoms with Gasteiger partial charge in [0.1, 0.15) is 18.0 Å². The molecule has 0 aliphatic heterocycles. The van der Waals surface area contributed by atoms with E-state index in [9.17, 15) is 17.8 Å². The number of anilines is 1. The number of ether oxygens (including phenoxy) is 4. The summed E-state index contributed by atoms with van der Waals surface area (Å²) in [7, 11) is -2.71. The van der Waals surface area contributed by atoms with Crippen LogP contribution in [0.15, 0.2) is 71.6 Å². The Balaban J connectivity index is 1.33. The van der Waals surface area contributed by atoms with Crippen molar-refractivity contribution < 1.29 is 36.7 Å². The first kappa shape index (κ1) is 34.3. The molecule has 3 aromatic rings. The number of benzene rings is 3. The van der Waals surface area contributed by atoms with Crippen LogP contribution < -0.4 is 9.64 Å². The Morgan fingerprint density at radius 1 is 0.886 bits per heavy atom. The van der Waals surface area contributed by atoms with Crippen LogP contribution in [0.2, 0.25) is 0 Å². The molecule has 234 valence electrons. The van der Waals surface area contributed by atoms with Crippen LogP contribution in [0.1, 0.15) is 43.0 Å². The molecular weight excluding hydrogens is 584 g/mol. The summed E-state index contributed by atoms with van der Waals surface area (Å²) in [6.07, 6.45) is 3.79. The van der Waals surface area contributed by atoms with Crippen LogP contribution in [-0.2, 0) is 30.7 Å². The van der Waals surface area contributed by atoms with Crippen molar-refractivity contribution in [2.24, 2.45) is 0 Å². The molecule has 0 heterocycles. The molecule has 0 spiro atoms. The van der Waals surface area contributed by atoms with Gasteiger partial charge in [0.15, 0.2) is 0 Å². The number of hydrogen-bond donors (Lipinski definition) is 1. The Bertz CT molecular complexity index is 1560. The van der Waals surface area contributed by atoms with E-state index >= 15 is 0 Å². The molecular formula is C33H38N2O8S. The van der Waals surface area contributed by atoms with Crippen LogP contribution in [0.3, 0.4) is 0 Å². The lowest BCUT2D eigenvalue weighted by molar-refractivity contribution is 0.0372. The van der Waals surface area contributed by atoms with Crippen LogP contribution in [0, 0.1) is 11.3 Å². The van der Waals surface area contributed by atoms with Gasteiger partial charge in [-0.3, -0.25) is 9.45 Å². The molecule has 0 aromatic heterocycles. The lowest BCUT2D eigenvalue weighted by Gasteiger charge is -2.24. The number of hydrogen-bond acceptors (Lipinski definition) is 8. The summed E-state index contributed by atoms with van der Waals surface area (Å²) in [6, 6.07) is 21.2. The molecule has 11 heteroatoms. The van der Waals surface area contributed by atoms with Crippen LogP contribution in [0.5, 0.6) is 5.75 Å². The molecule has 0 unspecified atom stereocenters. The zero-order chi connectivity index (χ0) is 32.2. The SMILES string of the molecule is CN(C(=O)OC(C)(C)C)c1ccc(C=Cc2ccc(OCCOCCOCCc3cc(C#N)ccc3S(=O)(=O)O)cc2)cc1. The van der Waals surface area contributed by atoms with Gasteiger partial charge < -0.3 is 18.9 Å². The van der Waals surface area contributed by atoms with Gasteiger partial charge in [-0.05, 0) is 86.3 Å². The van der Waals surface area contributed by atoms with Gasteiger partial charge in [-0.1, -0.05) is 36.4 Å². The summed E-state index contributed by atoms with van der Waals surface area (Å²) < 4.78 is 54.6. The highest BCUT2D eigenvalue weighted by atomic mass is 32.2. The summed E-state index contributed by atoms with van der Waals surface area (Å²) in [4.78, 5) is 13.5. The number of carbonyl (C=O) groups is 1. The molecule has 44 heavy (non-hydrogen) atoms. The van der Waals surface area contributed by atoms with Crippen molar-refractivity contribution >= 4 is 34.1 Å². The van der Waals surface area contributed by atoms with Crippen LogP contribution >= 0.6 is 0 Å². The lowest BCUT2D eigenvalue weighted by atomic mass is 10.1. The van der Waals surface area contributed by atoms with E-state index in [2.05, 4.69) is 0 Å². The molecule has 0 saturated heterocycles. The molecule has 3 aromatic carbocycles. The highest BCUT2D eigenvalue weighted by Crippen LogP contribution is 2.20. The minimum Gasteiger partial charge on any atom is -0.491 e. The monoisotopic (exact) mass is 622 g/mol. The average Bonchev–Trinajstić information content (AvgIpc) is 2.98. The van der Waals surface area contributed by atoms with Crippen molar-refractivity contribution in [3.05, 3.63) is 89.0 Å². The first-order valence-electron chi connectivity index (χ1n) is 14.0. The highest BCUT2D eigenvalue weighted by molar-refractivity contribution is 7.85. The van der Waals surface area contributed by atoms with Crippen molar-refractivity contribution in [2.45, 2.75) is 37.7 Å². The zero-order valence-electron chi connectivity index (χ0n) is 25.4. The maximum absolute atomic E-state index is 12.3. The van der Waals surface area contributed by atoms with E-state index in [4.69, 9.17) is 24.2 Å². The quantitative estimate of drug-likeness (QED) is 0.130. The summed E-state index contributed by atoms with van der Waals surface area (Å²) in [5, 5.41) is 9.03. The van der Waals surface area contributed by atoms with Crippen molar-refractivity contribution in [3.8, 4) is 11.8 Å². The minimum atomic E-state index is -4.39. The summed E-state index contributed by atoms with van der Waals surface area (Å²) in [5.41, 5.74) is 2.80. The van der Waals surface area contributed by atoms with Gasteiger partial charge in [-0.15, -0.1) is 0 Å². The number of nitrogens with zero attached hydrogens (tertiary/aromatic N) is 2. The number of nitriles is 1. The predicted octanol–water partition coefficient (Wildman–Crippen LogP) is 6.00. The van der Waals surface area contributed by atoms with E-state index in [0.29, 0.717) is 43.3 Å². The first-order chi connectivity index (χ1) is 20.9. The zero-order valence-corrected chi connectivity index (χ0v) is 26.2. The average molecular weight is 623 g/mol. The third-order valence-electron chi connectivity index (χ3n) is 6.15. The van der Waals surface area contributed by atoms with E-state index in [1.165, 1.54) is 23.1 Å². The maximum atomic E-state index is 12.3. The molecule has 1 N–H and O–H groups in total. The molecule has 10 nitrogen and oxygen atoms in total. The summed E-state index contributed by atoms with van der Waals surface area (Å²) >= 11 is 0. The smallest absolute Gasteiger partial charge is 0.414 e. The Labute approximate surface area is 259 Å². The van der Waals surface area contributed by atoms with Gasteiger partial charge in [0, 0.05) is 12.7 Å². The normalized spacial score (nSPS) is 11.7. The van der Waals surface area contributed by atoms with Crippen LogP contribution in [-0.4, -0.2) is 64.7 Å². The second kappa shape index (κ2) is 16.0. The van der Waals surface area contributed by atoms with E-state index in [-0.39, 0.29) is 17.9 Å². The van der Waals surface area contributed by atoms with E-state index in [0.717, 1.165) is 16.8 Å². The number of carbonyl (C=O) groups excluding carboxylic acids is 1. The van der Waals surface area contributed by atoms with E-state index in [1.54, 1.807) is 7.05 Å². The molecule has 3 rings (SSSR count). The Morgan fingerprint density at radius 2 is 1.45 bits per heavy atom. The largest absolute Gasteiger partial charge is 0.491 e. The molecule has 0 atom stereocenters. The number of amides is 1. The van der Waals surface area contributed by atoms with Crippen LogP contribution in [0.4, 0.5) is 10.5 Å². The molecule has 0 radical (unpaired) electrons. The topological polar surface area (TPSA) is 135 Å². The van der Waals surface area contributed by atoms with Crippen molar-refractivity contribution in [2.75, 3.05) is 45.0 Å². The molecule has 0 bridgehead atoms. The van der Waals surface area contributed by atoms with Crippen molar-refractivity contribution in [1.82, 2.24) is 0 Å². The van der Waals surface area contributed by atoms with Crippen LogP contribution in [0.25, 0.3) is 12.2 Å². The fourth-order valence-electron chi connectivity index (χ4n) is 3.93. The van der Waals surface area contributed by atoms with Gasteiger partial charge in [-0.2, -0.15) is 13.7 Å². The van der Waals surface area contributed by atoms with Gasteiger partial charge in [-0.25, -0.2) is 4.79 Å². The summed E-state index contributed by atoms with van der Waals surface area (Å²) in [5.74, 6) is 0.714. The van der Waals surface area contributed by atoms with Crippen molar-refractivity contribution in [1.29, 1.82) is 5.26 Å². The second-order valence-corrected chi connectivity index (χ2v) is 12.2. The maximum Gasteiger partial charge on any atom is 0.414 e. The summed E-state index contributed by atoms with van der Waals surface area (Å²) in [6.45, 7) is 7.05. The Morgan fingerprint density at radius 3 is 2.02 bits per heavy atom. The molecule has 0 aliphatic carbocycles. The van der Waals surface area contributed by atoms with Gasteiger partial charge in [0.2, 0.25) is 0 Å². The minimum absolute atomic E-state index is 0.203. The third-order valence-corrected chi connectivity index (χ3v) is 7.10. The molecule has 0 saturated carbocycles. The number of rotatable bonds is 14. The second-order valence-electron chi connectivity index (χ2n) is 10.8.